The summed E-state index contributed by atoms with van der Waals surface area (Å²) in [7, 11) is 1.68. The molecule has 0 radical (unpaired) electrons. The summed E-state index contributed by atoms with van der Waals surface area (Å²) in [6, 6.07) is 8.19. The van der Waals surface area contributed by atoms with Gasteiger partial charge in [-0.15, -0.1) is 21.8 Å². The lowest BCUT2D eigenvalue weighted by atomic mass is 10.1. The van der Waals surface area contributed by atoms with Crippen molar-refractivity contribution in [3.05, 3.63) is 35.7 Å². The number of rotatable bonds is 5. The molecule has 1 aromatic carbocycles. The molecule has 5 heteroatoms. The first kappa shape index (κ1) is 13.1. The Bertz CT molecular complexity index is 525. The van der Waals surface area contributed by atoms with Crippen molar-refractivity contribution in [2.45, 2.75) is 19.3 Å². The molecular formula is C13H16ClN3O. The molecular weight excluding hydrogens is 250 g/mol. The van der Waals surface area contributed by atoms with Gasteiger partial charge in [0.2, 0.25) is 0 Å². The van der Waals surface area contributed by atoms with Gasteiger partial charge in [0.05, 0.1) is 12.5 Å². The Balaban J connectivity index is 2.40. The SMILES string of the molecule is COCCn1c(CCl)nnc1-c1cccc(C)c1. The predicted molar refractivity (Wildman–Crippen MR) is 71.6 cm³/mol. The molecule has 1 heterocycles. The first-order valence-electron chi connectivity index (χ1n) is 5.80. The van der Waals surface area contributed by atoms with E-state index in [4.69, 9.17) is 16.3 Å². The molecule has 2 rings (SSSR count). The van der Waals surface area contributed by atoms with E-state index < -0.39 is 0 Å². The second-order valence-electron chi connectivity index (χ2n) is 4.09. The molecule has 18 heavy (non-hydrogen) atoms. The maximum atomic E-state index is 5.88. The van der Waals surface area contributed by atoms with Gasteiger partial charge < -0.3 is 9.30 Å². The Morgan fingerprint density at radius 2 is 2.17 bits per heavy atom. The third kappa shape index (κ3) is 2.71. The fourth-order valence-corrected chi connectivity index (χ4v) is 2.05. The van der Waals surface area contributed by atoms with Crippen LogP contribution in [0.1, 0.15) is 11.4 Å². The van der Waals surface area contributed by atoms with Gasteiger partial charge in [-0.3, -0.25) is 0 Å². The first-order valence-corrected chi connectivity index (χ1v) is 6.33. The number of ether oxygens (including phenoxy) is 1. The van der Waals surface area contributed by atoms with Crippen LogP contribution in [0.15, 0.2) is 24.3 Å². The maximum absolute atomic E-state index is 5.88. The van der Waals surface area contributed by atoms with Crippen LogP contribution in [0.2, 0.25) is 0 Å². The van der Waals surface area contributed by atoms with Gasteiger partial charge in [0, 0.05) is 19.2 Å². The van der Waals surface area contributed by atoms with Crippen molar-refractivity contribution in [3.63, 3.8) is 0 Å². The quantitative estimate of drug-likeness (QED) is 0.781. The molecule has 0 unspecified atom stereocenters. The van der Waals surface area contributed by atoms with Crippen molar-refractivity contribution in [3.8, 4) is 11.4 Å². The van der Waals surface area contributed by atoms with Crippen molar-refractivity contribution in [2.24, 2.45) is 0 Å². The summed E-state index contributed by atoms with van der Waals surface area (Å²) in [4.78, 5) is 0. The monoisotopic (exact) mass is 265 g/mol. The van der Waals surface area contributed by atoms with Crippen LogP contribution >= 0.6 is 11.6 Å². The van der Waals surface area contributed by atoms with Gasteiger partial charge in [-0.2, -0.15) is 0 Å². The largest absolute Gasteiger partial charge is 0.383 e. The van der Waals surface area contributed by atoms with Crippen molar-refractivity contribution in [1.82, 2.24) is 14.8 Å². The summed E-state index contributed by atoms with van der Waals surface area (Å²) in [6.45, 7) is 3.37. The summed E-state index contributed by atoms with van der Waals surface area (Å²) >= 11 is 5.88. The highest BCUT2D eigenvalue weighted by Crippen LogP contribution is 2.20. The highest BCUT2D eigenvalue weighted by atomic mass is 35.5. The lowest BCUT2D eigenvalue weighted by Crippen LogP contribution is -2.09. The number of nitrogens with zero attached hydrogens (tertiary/aromatic N) is 3. The Labute approximate surface area is 112 Å². The average Bonchev–Trinajstić information content (AvgIpc) is 2.79. The highest BCUT2D eigenvalue weighted by Gasteiger charge is 2.12. The smallest absolute Gasteiger partial charge is 0.164 e. The fourth-order valence-electron chi connectivity index (χ4n) is 1.85. The molecule has 0 aliphatic heterocycles. The van der Waals surface area contributed by atoms with Gasteiger partial charge >= 0.3 is 0 Å². The van der Waals surface area contributed by atoms with Crippen molar-refractivity contribution in [2.75, 3.05) is 13.7 Å². The molecule has 1 aromatic heterocycles. The van der Waals surface area contributed by atoms with Gasteiger partial charge in [0.25, 0.3) is 0 Å². The van der Waals surface area contributed by atoms with Gasteiger partial charge in [-0.25, -0.2) is 0 Å². The number of alkyl halides is 1. The number of halogens is 1. The van der Waals surface area contributed by atoms with E-state index in [0.717, 1.165) is 17.2 Å². The van der Waals surface area contributed by atoms with Gasteiger partial charge in [-0.05, 0) is 13.0 Å². The number of benzene rings is 1. The number of aryl methyl sites for hydroxylation is 1. The fraction of sp³-hybridized carbons (Fsp3) is 0.385. The van der Waals surface area contributed by atoms with Crippen LogP contribution in [0, 0.1) is 6.92 Å². The van der Waals surface area contributed by atoms with Crippen LogP contribution in [-0.4, -0.2) is 28.5 Å². The van der Waals surface area contributed by atoms with Crippen molar-refractivity contribution in [1.29, 1.82) is 0 Å². The summed E-state index contributed by atoms with van der Waals surface area (Å²) in [6.07, 6.45) is 0. The molecule has 96 valence electrons. The lowest BCUT2D eigenvalue weighted by Gasteiger charge is -2.09. The number of methoxy groups -OCH3 is 1. The van der Waals surface area contributed by atoms with E-state index in [1.54, 1.807) is 7.11 Å². The lowest BCUT2D eigenvalue weighted by molar-refractivity contribution is 0.187. The molecule has 0 N–H and O–H groups in total. The standard InChI is InChI=1S/C13H16ClN3O/c1-10-4-3-5-11(8-10)13-16-15-12(9-14)17(13)6-7-18-2/h3-5,8H,6-7,9H2,1-2H3. The zero-order chi connectivity index (χ0) is 13.0. The van der Waals surface area contributed by atoms with Crippen LogP contribution in [-0.2, 0) is 17.2 Å². The first-order chi connectivity index (χ1) is 8.76. The minimum absolute atomic E-state index is 0.350. The minimum atomic E-state index is 0.350. The maximum Gasteiger partial charge on any atom is 0.164 e. The molecule has 0 amide bonds. The molecule has 2 aromatic rings. The van der Waals surface area contributed by atoms with Crippen LogP contribution in [0.5, 0.6) is 0 Å². The van der Waals surface area contributed by atoms with Crippen molar-refractivity contribution >= 4 is 11.6 Å². The number of aromatic nitrogens is 3. The predicted octanol–water partition coefficient (Wildman–Crippen LogP) is 2.64. The number of hydrogen-bond donors (Lipinski definition) is 0. The molecule has 4 nitrogen and oxygen atoms in total. The van der Waals surface area contributed by atoms with Gasteiger partial charge in [0.1, 0.15) is 5.82 Å². The molecule has 0 fully saturated rings. The minimum Gasteiger partial charge on any atom is -0.383 e. The Hall–Kier alpha value is -1.39. The summed E-state index contributed by atoms with van der Waals surface area (Å²) in [5.41, 5.74) is 2.25. The van der Waals surface area contributed by atoms with E-state index in [1.165, 1.54) is 5.56 Å². The Morgan fingerprint density at radius 1 is 1.33 bits per heavy atom. The number of hydrogen-bond acceptors (Lipinski definition) is 3. The molecule has 0 aliphatic rings. The third-order valence-electron chi connectivity index (χ3n) is 2.74. The second-order valence-corrected chi connectivity index (χ2v) is 4.35. The Kier molecular flexibility index (Phi) is 4.33. The summed E-state index contributed by atoms with van der Waals surface area (Å²) in [5.74, 6) is 1.96. The van der Waals surface area contributed by atoms with Gasteiger partial charge in [0.15, 0.2) is 5.82 Å². The molecule has 0 aliphatic carbocycles. The second kappa shape index (κ2) is 5.98. The van der Waals surface area contributed by atoms with E-state index in [1.807, 2.05) is 16.7 Å². The zero-order valence-corrected chi connectivity index (χ0v) is 11.3. The molecule has 0 bridgehead atoms. The normalized spacial score (nSPS) is 10.8. The van der Waals surface area contributed by atoms with E-state index in [-0.39, 0.29) is 0 Å². The molecule has 0 spiro atoms. The van der Waals surface area contributed by atoms with E-state index >= 15 is 0 Å². The highest BCUT2D eigenvalue weighted by molar-refractivity contribution is 6.16. The van der Waals surface area contributed by atoms with Crippen LogP contribution in [0.25, 0.3) is 11.4 Å². The molecule has 0 atom stereocenters. The van der Waals surface area contributed by atoms with E-state index in [2.05, 4.69) is 29.3 Å². The summed E-state index contributed by atoms with van der Waals surface area (Å²) < 4.78 is 7.12. The Morgan fingerprint density at radius 3 is 2.83 bits per heavy atom. The van der Waals surface area contributed by atoms with E-state index in [9.17, 15) is 0 Å². The molecule has 0 saturated heterocycles. The average molecular weight is 266 g/mol. The van der Waals surface area contributed by atoms with Gasteiger partial charge in [-0.1, -0.05) is 23.8 Å². The summed E-state index contributed by atoms with van der Waals surface area (Å²) in [5, 5.41) is 8.34. The van der Waals surface area contributed by atoms with Crippen LogP contribution in [0.4, 0.5) is 0 Å². The zero-order valence-electron chi connectivity index (χ0n) is 10.6. The van der Waals surface area contributed by atoms with Crippen molar-refractivity contribution < 1.29 is 4.74 Å². The third-order valence-corrected chi connectivity index (χ3v) is 2.98. The topological polar surface area (TPSA) is 39.9 Å². The van der Waals surface area contributed by atoms with Crippen LogP contribution in [0.3, 0.4) is 0 Å². The molecule has 0 saturated carbocycles. The van der Waals surface area contributed by atoms with Crippen LogP contribution < -0.4 is 0 Å². The van der Waals surface area contributed by atoms with E-state index in [0.29, 0.717) is 19.0 Å².